The van der Waals surface area contributed by atoms with Gasteiger partial charge in [0.05, 0.1) is 39.5 Å². The van der Waals surface area contributed by atoms with Crippen molar-refractivity contribution in [3.05, 3.63) is 0 Å². The van der Waals surface area contributed by atoms with Gasteiger partial charge in [-0.1, -0.05) is 19.8 Å². The Morgan fingerprint density at radius 3 is 2.54 bits per heavy atom. The standard InChI is InChI=1S/C19H36NO3P/c1-13-7-6-8-14-17(12-20(2,3)9-10-24(5,21)22)18(14)16-11-15(13)19(16)23-4/h13-19H,6-12H2,1-5H3/p+1. The summed E-state index contributed by atoms with van der Waals surface area (Å²) in [5.74, 6) is 4.88. The Kier molecular flexibility index (Phi) is 5.26. The fourth-order valence-electron chi connectivity index (χ4n) is 5.77. The molecule has 0 aromatic heterocycles. The predicted octanol–water partition coefficient (Wildman–Crippen LogP) is 3.30. The number of fused-ring (bicyclic) bond motifs is 3. The molecule has 0 aromatic rings. The van der Waals surface area contributed by atoms with Crippen molar-refractivity contribution < 1.29 is 18.7 Å². The van der Waals surface area contributed by atoms with E-state index in [0.29, 0.717) is 12.3 Å². The van der Waals surface area contributed by atoms with Gasteiger partial charge in [0.25, 0.3) is 0 Å². The predicted molar refractivity (Wildman–Crippen MR) is 98.3 cm³/mol. The summed E-state index contributed by atoms with van der Waals surface area (Å²) in [7, 11) is 3.46. The van der Waals surface area contributed by atoms with E-state index in [4.69, 9.17) is 4.74 Å². The molecule has 0 saturated heterocycles. The van der Waals surface area contributed by atoms with Crippen LogP contribution in [-0.4, -0.2) is 62.6 Å². The second-order valence-electron chi connectivity index (χ2n) is 9.69. The maximum absolute atomic E-state index is 11.6. The van der Waals surface area contributed by atoms with Crippen LogP contribution in [0.3, 0.4) is 0 Å². The lowest BCUT2D eigenvalue weighted by atomic mass is 9.63. The van der Waals surface area contributed by atoms with Gasteiger partial charge in [-0.25, -0.2) is 0 Å². The highest BCUT2D eigenvalue weighted by molar-refractivity contribution is 7.57. The minimum Gasteiger partial charge on any atom is -0.381 e. The summed E-state index contributed by atoms with van der Waals surface area (Å²) in [4.78, 5) is 9.61. The van der Waals surface area contributed by atoms with Gasteiger partial charge in [0.1, 0.15) is 0 Å². The molecule has 0 aromatic carbocycles. The second kappa shape index (κ2) is 6.68. The molecule has 140 valence electrons. The van der Waals surface area contributed by atoms with Crippen molar-refractivity contribution in [3.63, 3.8) is 0 Å². The van der Waals surface area contributed by atoms with E-state index in [9.17, 15) is 9.46 Å². The molecule has 8 unspecified atom stereocenters. The van der Waals surface area contributed by atoms with Crippen LogP contribution in [0.25, 0.3) is 0 Å². The van der Waals surface area contributed by atoms with Crippen LogP contribution in [0.5, 0.6) is 0 Å². The summed E-state index contributed by atoms with van der Waals surface area (Å²) in [5.41, 5.74) is 0. The largest absolute Gasteiger partial charge is 0.381 e. The molecule has 0 aliphatic heterocycles. The van der Waals surface area contributed by atoms with E-state index in [1.807, 2.05) is 7.11 Å². The van der Waals surface area contributed by atoms with Crippen LogP contribution in [0.2, 0.25) is 0 Å². The number of ether oxygens (including phenoxy) is 1. The summed E-state index contributed by atoms with van der Waals surface area (Å²) in [6.45, 7) is 5.86. The van der Waals surface area contributed by atoms with Crippen LogP contribution in [0.4, 0.5) is 0 Å². The first-order valence-electron chi connectivity index (χ1n) is 9.77. The Bertz CT molecular complexity index is 503. The zero-order chi connectivity index (χ0) is 17.7. The van der Waals surface area contributed by atoms with Gasteiger partial charge in [0, 0.05) is 19.7 Å². The van der Waals surface area contributed by atoms with E-state index in [1.54, 1.807) is 0 Å². The van der Waals surface area contributed by atoms with Crippen molar-refractivity contribution in [2.24, 2.45) is 35.5 Å². The maximum atomic E-state index is 11.6. The van der Waals surface area contributed by atoms with Gasteiger partial charge in [-0.05, 0) is 42.4 Å². The monoisotopic (exact) mass is 358 g/mol. The first-order valence-corrected chi connectivity index (χ1v) is 12.1. The van der Waals surface area contributed by atoms with E-state index in [1.165, 1.54) is 32.3 Å². The molecule has 0 spiro atoms. The van der Waals surface area contributed by atoms with E-state index >= 15 is 0 Å². The normalized spacial score (nSPS) is 44.3. The maximum Gasteiger partial charge on any atom is 0.203 e. The lowest BCUT2D eigenvalue weighted by molar-refractivity contribution is -0.890. The third-order valence-electron chi connectivity index (χ3n) is 7.31. The second-order valence-corrected chi connectivity index (χ2v) is 12.2. The fourth-order valence-corrected chi connectivity index (χ4v) is 6.68. The molecule has 4 rings (SSSR count). The zero-order valence-corrected chi connectivity index (χ0v) is 17.0. The topological polar surface area (TPSA) is 46.5 Å². The van der Waals surface area contributed by atoms with Crippen molar-refractivity contribution in [2.75, 3.05) is 47.1 Å². The van der Waals surface area contributed by atoms with Crippen molar-refractivity contribution in [1.29, 1.82) is 0 Å². The molecule has 0 amide bonds. The van der Waals surface area contributed by atoms with E-state index < -0.39 is 7.37 Å². The average molecular weight is 358 g/mol. The Morgan fingerprint density at radius 1 is 1.21 bits per heavy atom. The summed E-state index contributed by atoms with van der Waals surface area (Å²) < 4.78 is 18.4. The van der Waals surface area contributed by atoms with E-state index in [2.05, 4.69) is 21.0 Å². The van der Waals surface area contributed by atoms with Gasteiger partial charge in [0.15, 0.2) is 0 Å². The van der Waals surface area contributed by atoms with Gasteiger partial charge < -0.3 is 14.1 Å². The van der Waals surface area contributed by atoms with Crippen molar-refractivity contribution >= 4 is 7.37 Å². The highest BCUT2D eigenvalue weighted by Gasteiger charge is 2.62. The third kappa shape index (κ3) is 3.92. The number of hydrogen-bond donors (Lipinski definition) is 1. The molecule has 24 heavy (non-hydrogen) atoms. The number of rotatable bonds is 6. The van der Waals surface area contributed by atoms with E-state index in [-0.39, 0.29) is 0 Å². The smallest absolute Gasteiger partial charge is 0.203 e. The zero-order valence-electron chi connectivity index (χ0n) is 16.1. The molecule has 4 fully saturated rings. The van der Waals surface area contributed by atoms with E-state index in [0.717, 1.165) is 53.1 Å². The minimum absolute atomic E-state index is 0.436. The molecular weight excluding hydrogens is 321 g/mol. The molecule has 4 aliphatic carbocycles. The number of quaternary nitrogens is 1. The molecular formula is C19H37NO3P+. The Hall–Kier alpha value is 0.110. The summed E-state index contributed by atoms with van der Waals surface area (Å²) >= 11 is 0. The first-order chi connectivity index (χ1) is 11.1. The van der Waals surface area contributed by atoms with Gasteiger partial charge in [-0.3, -0.25) is 4.57 Å². The molecule has 4 nitrogen and oxygen atoms in total. The first kappa shape index (κ1) is 18.9. The molecule has 2 bridgehead atoms. The average Bonchev–Trinajstić information content (AvgIpc) is 3.04. The lowest BCUT2D eigenvalue weighted by Crippen LogP contribution is -2.48. The summed E-state index contributed by atoms with van der Waals surface area (Å²) in [6, 6.07) is 0. The number of nitrogens with zero attached hydrogens (tertiary/aromatic N) is 1. The molecule has 4 saturated carbocycles. The van der Waals surface area contributed by atoms with Crippen LogP contribution in [-0.2, 0) is 9.30 Å². The van der Waals surface area contributed by atoms with Gasteiger partial charge in [0.2, 0.25) is 7.37 Å². The Morgan fingerprint density at radius 2 is 1.92 bits per heavy atom. The molecule has 8 atom stereocenters. The van der Waals surface area contributed by atoms with Gasteiger partial charge in [-0.2, -0.15) is 0 Å². The molecule has 4 aliphatic rings. The number of methoxy groups -OCH3 is 1. The van der Waals surface area contributed by atoms with Crippen LogP contribution in [0.15, 0.2) is 0 Å². The van der Waals surface area contributed by atoms with Crippen molar-refractivity contribution in [1.82, 2.24) is 0 Å². The summed E-state index contributed by atoms with van der Waals surface area (Å²) in [5, 5.41) is 0. The summed E-state index contributed by atoms with van der Waals surface area (Å²) in [6.07, 6.45) is 6.39. The highest BCUT2D eigenvalue weighted by atomic mass is 31.2. The lowest BCUT2D eigenvalue weighted by Gasteiger charge is -2.47. The van der Waals surface area contributed by atoms with Crippen molar-refractivity contribution in [3.8, 4) is 0 Å². The SMILES string of the molecule is COC1C2CC1C1C(CCCC2C)C1C[N+](C)(C)CCP(C)(=O)O. The van der Waals surface area contributed by atoms with Crippen LogP contribution in [0.1, 0.15) is 32.6 Å². The third-order valence-corrected chi connectivity index (χ3v) is 8.34. The number of hydrogen-bond acceptors (Lipinski definition) is 2. The van der Waals surface area contributed by atoms with Crippen LogP contribution >= 0.6 is 7.37 Å². The Balaban J connectivity index is 1.62. The van der Waals surface area contributed by atoms with Crippen molar-refractivity contribution in [2.45, 2.75) is 38.7 Å². The fraction of sp³-hybridized carbons (Fsp3) is 1.00. The molecule has 0 heterocycles. The Labute approximate surface area is 148 Å². The molecule has 0 radical (unpaired) electrons. The molecule has 1 N–H and O–H groups in total. The quantitative estimate of drug-likeness (QED) is 0.585. The highest BCUT2D eigenvalue weighted by Crippen LogP contribution is 2.63. The minimum atomic E-state index is -2.90. The van der Waals surface area contributed by atoms with Crippen LogP contribution < -0.4 is 0 Å². The molecule has 5 heteroatoms. The van der Waals surface area contributed by atoms with Gasteiger partial charge >= 0.3 is 0 Å². The van der Waals surface area contributed by atoms with Crippen LogP contribution in [0, 0.1) is 35.5 Å². The van der Waals surface area contributed by atoms with Gasteiger partial charge in [-0.15, -0.1) is 0 Å².